The third-order valence-electron chi connectivity index (χ3n) is 4.51. The molecule has 0 aliphatic rings. The lowest BCUT2D eigenvalue weighted by Gasteiger charge is -2.16. The molecule has 148 valence electrons. The lowest BCUT2D eigenvalue weighted by Crippen LogP contribution is -2.21. The number of non-ortho nitro benzene ring substituents is 1. The van der Waals surface area contributed by atoms with Crippen LogP contribution >= 0.6 is 22.7 Å². The number of thiophene rings is 1. The molecular formula is C20H17N3O4S2. The lowest BCUT2D eigenvalue weighted by atomic mass is 10.2. The van der Waals surface area contributed by atoms with Crippen LogP contribution in [0.15, 0.2) is 42.5 Å². The van der Waals surface area contributed by atoms with Gasteiger partial charge >= 0.3 is 5.97 Å². The van der Waals surface area contributed by atoms with E-state index in [1.54, 1.807) is 29.5 Å². The Balaban J connectivity index is 1.58. The molecule has 0 aliphatic heterocycles. The Morgan fingerprint density at radius 2 is 1.90 bits per heavy atom. The predicted octanol–water partition coefficient (Wildman–Crippen LogP) is 5.48. The van der Waals surface area contributed by atoms with Crippen LogP contribution < -0.4 is 9.64 Å². The van der Waals surface area contributed by atoms with Gasteiger partial charge in [0.25, 0.3) is 5.69 Å². The fourth-order valence-corrected chi connectivity index (χ4v) is 5.03. The Kier molecular flexibility index (Phi) is 5.16. The highest BCUT2D eigenvalue weighted by molar-refractivity contribution is 7.22. The molecule has 0 aliphatic carbocycles. The molecular weight excluding hydrogens is 410 g/mol. The number of hydrogen-bond donors (Lipinski definition) is 0. The molecule has 0 spiro atoms. The highest BCUT2D eigenvalue weighted by Crippen LogP contribution is 2.33. The topological polar surface area (TPSA) is 85.6 Å². The smallest absolute Gasteiger partial charge is 0.353 e. The first-order chi connectivity index (χ1) is 14.0. The zero-order valence-electron chi connectivity index (χ0n) is 15.7. The van der Waals surface area contributed by atoms with Gasteiger partial charge in [-0.05, 0) is 38.1 Å². The summed E-state index contributed by atoms with van der Waals surface area (Å²) < 4.78 is 7.29. The molecule has 2 aromatic heterocycles. The summed E-state index contributed by atoms with van der Waals surface area (Å²) in [7, 11) is 0. The van der Waals surface area contributed by atoms with E-state index >= 15 is 0 Å². The molecule has 2 heterocycles. The molecule has 2 aromatic carbocycles. The number of nitro groups is 1. The van der Waals surface area contributed by atoms with Crippen molar-refractivity contribution in [3.05, 3.63) is 57.5 Å². The van der Waals surface area contributed by atoms with E-state index in [4.69, 9.17) is 4.74 Å². The number of ether oxygens (including phenoxy) is 1. The fraction of sp³-hybridized carbons (Fsp3) is 0.200. The molecule has 0 atom stereocenters. The van der Waals surface area contributed by atoms with Gasteiger partial charge in [0, 0.05) is 41.4 Å². The van der Waals surface area contributed by atoms with Crippen LogP contribution in [0.1, 0.15) is 23.5 Å². The molecule has 29 heavy (non-hydrogen) atoms. The average molecular weight is 428 g/mol. The summed E-state index contributed by atoms with van der Waals surface area (Å²) in [6, 6.07) is 11.5. The first-order valence-electron chi connectivity index (χ1n) is 9.04. The summed E-state index contributed by atoms with van der Waals surface area (Å²) in [6.45, 7) is 5.93. The van der Waals surface area contributed by atoms with Crippen LogP contribution in [0.5, 0.6) is 5.75 Å². The van der Waals surface area contributed by atoms with Crippen LogP contribution in [0, 0.1) is 10.1 Å². The zero-order chi connectivity index (χ0) is 20.5. The number of esters is 1. The van der Waals surface area contributed by atoms with Gasteiger partial charge < -0.3 is 9.64 Å². The standard InChI is InChI=1S/C20H17N3O4S2/c1-3-22(4-2)20-21-15-7-6-14(11-17(15)29-20)27-19(24)18-10-12-9-13(23(25)26)5-8-16(12)28-18/h5-11H,3-4H2,1-2H3. The quantitative estimate of drug-likeness (QED) is 0.175. The van der Waals surface area contributed by atoms with Crippen molar-refractivity contribution in [2.75, 3.05) is 18.0 Å². The largest absolute Gasteiger partial charge is 0.422 e. The van der Waals surface area contributed by atoms with Gasteiger partial charge in [-0.3, -0.25) is 10.1 Å². The summed E-state index contributed by atoms with van der Waals surface area (Å²) in [6.07, 6.45) is 0. The number of nitro benzene ring substituents is 1. The Labute approximate surface area is 174 Å². The van der Waals surface area contributed by atoms with Gasteiger partial charge in [0.05, 0.1) is 15.1 Å². The molecule has 4 aromatic rings. The number of nitrogens with zero attached hydrogens (tertiary/aromatic N) is 3. The molecule has 0 radical (unpaired) electrons. The predicted molar refractivity (Wildman–Crippen MR) is 117 cm³/mol. The second-order valence-corrected chi connectivity index (χ2v) is 8.37. The molecule has 0 saturated carbocycles. The maximum Gasteiger partial charge on any atom is 0.353 e. The first kappa shape index (κ1) is 19.3. The van der Waals surface area contributed by atoms with Gasteiger partial charge in [-0.15, -0.1) is 11.3 Å². The van der Waals surface area contributed by atoms with Crippen LogP contribution in [0.2, 0.25) is 0 Å². The number of thiazole rings is 1. The van der Waals surface area contributed by atoms with Gasteiger partial charge in [-0.25, -0.2) is 9.78 Å². The number of fused-ring (bicyclic) bond motifs is 2. The van der Waals surface area contributed by atoms with Crippen molar-refractivity contribution >= 4 is 59.8 Å². The monoisotopic (exact) mass is 427 g/mol. The summed E-state index contributed by atoms with van der Waals surface area (Å²) in [4.78, 5) is 30.3. The van der Waals surface area contributed by atoms with Crippen molar-refractivity contribution in [1.82, 2.24) is 4.98 Å². The van der Waals surface area contributed by atoms with E-state index in [-0.39, 0.29) is 5.69 Å². The van der Waals surface area contributed by atoms with Gasteiger partial charge in [-0.2, -0.15) is 0 Å². The van der Waals surface area contributed by atoms with Crippen molar-refractivity contribution in [2.45, 2.75) is 13.8 Å². The van der Waals surface area contributed by atoms with Crippen molar-refractivity contribution in [2.24, 2.45) is 0 Å². The van der Waals surface area contributed by atoms with Crippen LogP contribution in [0.3, 0.4) is 0 Å². The zero-order valence-corrected chi connectivity index (χ0v) is 17.4. The molecule has 4 rings (SSSR count). The van der Waals surface area contributed by atoms with Crippen LogP contribution in [-0.2, 0) is 0 Å². The van der Waals surface area contributed by atoms with Gasteiger partial charge in [-0.1, -0.05) is 11.3 Å². The Morgan fingerprint density at radius 3 is 2.62 bits per heavy atom. The number of anilines is 1. The summed E-state index contributed by atoms with van der Waals surface area (Å²) >= 11 is 2.81. The molecule has 0 fully saturated rings. The minimum Gasteiger partial charge on any atom is -0.422 e. The van der Waals surface area contributed by atoms with Gasteiger partial charge in [0.2, 0.25) is 0 Å². The van der Waals surface area contributed by atoms with Gasteiger partial charge in [0.1, 0.15) is 10.6 Å². The minimum atomic E-state index is -0.485. The molecule has 0 amide bonds. The molecule has 9 heteroatoms. The van der Waals surface area contributed by atoms with E-state index in [9.17, 15) is 14.9 Å². The van der Waals surface area contributed by atoms with E-state index < -0.39 is 10.9 Å². The molecule has 7 nitrogen and oxygen atoms in total. The fourth-order valence-electron chi connectivity index (χ4n) is 2.99. The SMILES string of the molecule is CCN(CC)c1nc2ccc(OC(=O)c3cc4cc([N+](=O)[O-])ccc4s3)cc2s1. The van der Waals surface area contributed by atoms with Gasteiger partial charge in [0.15, 0.2) is 5.13 Å². The Hall–Kier alpha value is -3.04. The number of carbonyl (C=O) groups excluding carboxylic acids is 1. The number of rotatable bonds is 6. The van der Waals surface area contributed by atoms with Crippen molar-refractivity contribution in [3.63, 3.8) is 0 Å². The Bertz CT molecular complexity index is 1230. The normalized spacial score (nSPS) is 11.1. The number of hydrogen-bond acceptors (Lipinski definition) is 8. The maximum atomic E-state index is 12.6. The van der Waals surface area contributed by atoms with E-state index in [0.29, 0.717) is 16.0 Å². The lowest BCUT2D eigenvalue weighted by molar-refractivity contribution is -0.384. The molecule has 0 N–H and O–H groups in total. The number of aromatic nitrogens is 1. The highest BCUT2D eigenvalue weighted by atomic mass is 32.1. The van der Waals surface area contributed by atoms with E-state index in [1.807, 2.05) is 12.1 Å². The Morgan fingerprint density at radius 1 is 1.10 bits per heavy atom. The van der Waals surface area contributed by atoms with E-state index in [2.05, 4.69) is 23.7 Å². The summed E-state index contributed by atoms with van der Waals surface area (Å²) in [5.41, 5.74) is 0.862. The third kappa shape index (κ3) is 3.79. The average Bonchev–Trinajstić information content (AvgIpc) is 3.32. The summed E-state index contributed by atoms with van der Waals surface area (Å²) in [5.74, 6) is -0.0395. The van der Waals surface area contributed by atoms with Crippen molar-refractivity contribution < 1.29 is 14.5 Å². The van der Waals surface area contributed by atoms with Crippen LogP contribution in [-0.4, -0.2) is 29.0 Å². The second kappa shape index (κ2) is 7.76. The van der Waals surface area contributed by atoms with Crippen molar-refractivity contribution in [3.8, 4) is 5.75 Å². The minimum absolute atomic E-state index is 0.00475. The third-order valence-corrected chi connectivity index (χ3v) is 6.68. The summed E-state index contributed by atoms with van der Waals surface area (Å²) in [5, 5.41) is 12.5. The van der Waals surface area contributed by atoms with E-state index in [0.717, 1.165) is 33.1 Å². The number of carbonyl (C=O) groups is 1. The van der Waals surface area contributed by atoms with Crippen LogP contribution in [0.4, 0.5) is 10.8 Å². The number of benzene rings is 2. The van der Waals surface area contributed by atoms with E-state index in [1.165, 1.54) is 23.5 Å². The highest BCUT2D eigenvalue weighted by Gasteiger charge is 2.16. The molecule has 0 bridgehead atoms. The second-order valence-electron chi connectivity index (χ2n) is 6.28. The molecule has 0 saturated heterocycles. The van der Waals surface area contributed by atoms with Crippen molar-refractivity contribution in [1.29, 1.82) is 0 Å². The van der Waals surface area contributed by atoms with Crippen LogP contribution in [0.25, 0.3) is 20.3 Å². The maximum absolute atomic E-state index is 12.6. The first-order valence-corrected chi connectivity index (χ1v) is 10.7. The molecule has 0 unspecified atom stereocenters.